The molecule has 6 nitrogen and oxygen atoms in total. The third-order valence-electron chi connectivity index (χ3n) is 6.79. The maximum Gasteiger partial charge on any atom is 0.254 e. The van der Waals surface area contributed by atoms with Crippen LogP contribution in [0.15, 0.2) is 36.5 Å². The molecule has 1 amide bonds. The molecule has 1 aliphatic carbocycles. The Bertz CT molecular complexity index is 1270. The number of benzene rings is 1. The number of fused-ring (bicyclic) bond motifs is 1. The Kier molecular flexibility index (Phi) is 5.02. The monoisotopic (exact) mass is 445 g/mol. The standard InChI is InChI=1S/C25H24ClN5O/c1-25(9-3-4-10-25)15-31-23(26)21(13-28-31)19-8-7-18(12-27)29-22(19)16-5-6-17-14-30(2)24(32)20(17)11-16/h5-8,11,13H,3-4,9-10,14-15H2,1-2H3. The van der Waals surface area contributed by atoms with Crippen molar-refractivity contribution in [2.24, 2.45) is 5.41 Å². The van der Waals surface area contributed by atoms with Gasteiger partial charge in [-0.05, 0) is 42.0 Å². The van der Waals surface area contributed by atoms with E-state index in [0.29, 0.717) is 28.6 Å². The van der Waals surface area contributed by atoms with Gasteiger partial charge in [-0.2, -0.15) is 10.4 Å². The van der Waals surface area contributed by atoms with Crippen molar-refractivity contribution < 1.29 is 4.79 Å². The lowest BCUT2D eigenvalue weighted by Gasteiger charge is -2.23. The van der Waals surface area contributed by atoms with E-state index in [1.165, 1.54) is 25.7 Å². The predicted octanol–water partition coefficient (Wildman–Crippen LogP) is 5.30. The average molecular weight is 446 g/mol. The van der Waals surface area contributed by atoms with Crippen LogP contribution in [0.2, 0.25) is 5.15 Å². The molecular weight excluding hydrogens is 422 g/mol. The van der Waals surface area contributed by atoms with Gasteiger partial charge < -0.3 is 4.90 Å². The highest BCUT2D eigenvalue weighted by atomic mass is 35.5. The number of amides is 1. The highest BCUT2D eigenvalue weighted by Crippen LogP contribution is 2.41. The van der Waals surface area contributed by atoms with Crippen LogP contribution < -0.4 is 0 Å². The Morgan fingerprint density at radius 2 is 1.94 bits per heavy atom. The van der Waals surface area contributed by atoms with Crippen LogP contribution in [0.1, 0.15) is 54.2 Å². The molecule has 1 fully saturated rings. The Hall–Kier alpha value is -3.17. The van der Waals surface area contributed by atoms with Gasteiger partial charge in [0.15, 0.2) is 0 Å². The molecule has 3 heterocycles. The molecule has 0 atom stereocenters. The Morgan fingerprint density at radius 3 is 2.69 bits per heavy atom. The van der Waals surface area contributed by atoms with Crippen LogP contribution in [0, 0.1) is 16.7 Å². The van der Waals surface area contributed by atoms with Crippen molar-refractivity contribution in [2.75, 3.05) is 7.05 Å². The van der Waals surface area contributed by atoms with Crippen molar-refractivity contribution in [1.82, 2.24) is 19.7 Å². The van der Waals surface area contributed by atoms with Crippen molar-refractivity contribution in [1.29, 1.82) is 5.26 Å². The molecule has 162 valence electrons. The number of carbonyl (C=O) groups excluding carboxylic acids is 1. The van der Waals surface area contributed by atoms with Crippen molar-refractivity contribution in [2.45, 2.75) is 45.7 Å². The molecule has 1 aliphatic heterocycles. The number of hydrogen-bond donors (Lipinski definition) is 0. The van der Waals surface area contributed by atoms with Crippen molar-refractivity contribution >= 4 is 17.5 Å². The molecule has 0 radical (unpaired) electrons. The van der Waals surface area contributed by atoms with Crippen LogP contribution in [0.25, 0.3) is 22.4 Å². The summed E-state index contributed by atoms with van der Waals surface area (Å²) in [7, 11) is 1.79. The minimum Gasteiger partial charge on any atom is -0.337 e. The lowest BCUT2D eigenvalue weighted by Crippen LogP contribution is -2.20. The summed E-state index contributed by atoms with van der Waals surface area (Å²) in [5, 5.41) is 14.6. The quantitative estimate of drug-likeness (QED) is 0.545. The first-order valence-corrected chi connectivity index (χ1v) is 11.3. The van der Waals surface area contributed by atoms with Crippen molar-refractivity contribution in [3.8, 4) is 28.5 Å². The van der Waals surface area contributed by atoms with Gasteiger partial charge in [-0.25, -0.2) is 4.98 Å². The molecule has 5 rings (SSSR count). The average Bonchev–Trinajstić information content (AvgIpc) is 3.46. The summed E-state index contributed by atoms with van der Waals surface area (Å²) >= 11 is 6.82. The molecule has 0 bridgehead atoms. The Balaban J connectivity index is 1.59. The number of aromatic nitrogens is 3. The minimum absolute atomic E-state index is 0.00417. The smallest absolute Gasteiger partial charge is 0.254 e. The van der Waals surface area contributed by atoms with Gasteiger partial charge in [0.1, 0.15) is 16.9 Å². The molecule has 1 saturated carbocycles. The lowest BCUT2D eigenvalue weighted by atomic mass is 9.89. The largest absolute Gasteiger partial charge is 0.337 e. The second-order valence-corrected chi connectivity index (χ2v) is 9.62. The normalized spacial score (nSPS) is 16.9. The number of carbonyl (C=O) groups is 1. The highest BCUT2D eigenvalue weighted by Gasteiger charge is 2.31. The topological polar surface area (TPSA) is 74.8 Å². The first kappa shape index (κ1) is 20.7. The lowest BCUT2D eigenvalue weighted by molar-refractivity contribution is 0.0816. The molecule has 32 heavy (non-hydrogen) atoms. The second-order valence-electron chi connectivity index (χ2n) is 9.26. The first-order valence-electron chi connectivity index (χ1n) is 10.9. The summed E-state index contributed by atoms with van der Waals surface area (Å²) in [4.78, 5) is 18.8. The zero-order valence-electron chi connectivity index (χ0n) is 18.2. The van der Waals surface area contributed by atoms with E-state index in [0.717, 1.165) is 28.8 Å². The molecular formula is C25H24ClN5O. The fourth-order valence-corrected chi connectivity index (χ4v) is 5.22. The zero-order valence-corrected chi connectivity index (χ0v) is 19.0. The fourth-order valence-electron chi connectivity index (χ4n) is 4.96. The van der Waals surface area contributed by atoms with Crippen LogP contribution in [0.5, 0.6) is 0 Å². The molecule has 0 spiro atoms. The molecule has 0 saturated heterocycles. The van der Waals surface area contributed by atoms with Crippen molar-refractivity contribution in [3.63, 3.8) is 0 Å². The van der Waals surface area contributed by atoms with E-state index < -0.39 is 0 Å². The summed E-state index contributed by atoms with van der Waals surface area (Å²) in [5.74, 6) is -0.00417. The Labute approximate surface area is 192 Å². The van der Waals surface area contributed by atoms with Gasteiger partial charge in [0.25, 0.3) is 5.91 Å². The van der Waals surface area contributed by atoms with Gasteiger partial charge in [0.05, 0.1) is 11.9 Å². The molecule has 2 aromatic heterocycles. The van der Waals surface area contributed by atoms with E-state index in [4.69, 9.17) is 11.6 Å². The Morgan fingerprint density at radius 1 is 1.16 bits per heavy atom. The van der Waals surface area contributed by atoms with E-state index in [9.17, 15) is 10.1 Å². The second kappa shape index (κ2) is 7.75. The summed E-state index contributed by atoms with van der Waals surface area (Å²) in [6.45, 7) is 3.68. The van der Waals surface area contributed by atoms with Gasteiger partial charge >= 0.3 is 0 Å². The maximum absolute atomic E-state index is 12.5. The zero-order chi connectivity index (χ0) is 22.5. The molecule has 2 aliphatic rings. The van der Waals surface area contributed by atoms with E-state index in [-0.39, 0.29) is 11.3 Å². The van der Waals surface area contributed by atoms with Crippen LogP contribution in [-0.2, 0) is 13.1 Å². The van der Waals surface area contributed by atoms with Crippen molar-refractivity contribution in [3.05, 3.63) is 58.5 Å². The predicted molar refractivity (Wildman–Crippen MR) is 123 cm³/mol. The SMILES string of the molecule is CN1Cc2ccc(-c3nc(C#N)ccc3-c3cnn(CC4(C)CCCC4)c3Cl)cc2C1=O. The first-order chi connectivity index (χ1) is 15.4. The number of rotatable bonds is 4. The molecule has 0 unspecified atom stereocenters. The maximum atomic E-state index is 12.5. The van der Waals surface area contributed by atoms with Crippen LogP contribution in [-0.4, -0.2) is 32.6 Å². The van der Waals surface area contributed by atoms with Gasteiger partial charge in [-0.15, -0.1) is 0 Å². The number of nitrogens with zero attached hydrogens (tertiary/aromatic N) is 5. The molecule has 1 aromatic carbocycles. The van der Waals surface area contributed by atoms with Crippen LogP contribution in [0.3, 0.4) is 0 Å². The summed E-state index contributed by atoms with van der Waals surface area (Å²) in [5.41, 5.74) is 5.19. The highest BCUT2D eigenvalue weighted by molar-refractivity contribution is 6.32. The van der Waals surface area contributed by atoms with E-state index >= 15 is 0 Å². The van der Waals surface area contributed by atoms with E-state index in [1.54, 1.807) is 24.2 Å². The number of hydrogen-bond acceptors (Lipinski definition) is 4. The minimum atomic E-state index is -0.00417. The summed E-state index contributed by atoms with van der Waals surface area (Å²) in [6.07, 6.45) is 6.63. The molecule has 7 heteroatoms. The third-order valence-corrected chi connectivity index (χ3v) is 7.18. The fraction of sp³-hybridized carbons (Fsp3) is 0.360. The number of nitriles is 1. The van der Waals surface area contributed by atoms with Gasteiger partial charge in [0.2, 0.25) is 0 Å². The van der Waals surface area contributed by atoms with E-state index in [2.05, 4.69) is 23.1 Å². The van der Waals surface area contributed by atoms with Gasteiger partial charge in [-0.1, -0.05) is 43.5 Å². The van der Waals surface area contributed by atoms with E-state index in [1.807, 2.05) is 28.9 Å². The third kappa shape index (κ3) is 3.47. The van der Waals surface area contributed by atoms with Gasteiger partial charge in [0, 0.05) is 42.4 Å². The summed E-state index contributed by atoms with van der Waals surface area (Å²) in [6, 6.07) is 11.5. The molecule has 3 aromatic rings. The summed E-state index contributed by atoms with van der Waals surface area (Å²) < 4.78 is 1.88. The van der Waals surface area contributed by atoms with Crippen LogP contribution in [0.4, 0.5) is 0 Å². The molecule has 0 N–H and O–H groups in total. The van der Waals surface area contributed by atoms with Gasteiger partial charge in [-0.3, -0.25) is 9.48 Å². The van der Waals surface area contributed by atoms with Crippen LogP contribution >= 0.6 is 11.6 Å². The number of pyridine rings is 1. The number of halogens is 1.